The quantitative estimate of drug-likeness (QED) is 0.429. The van der Waals surface area contributed by atoms with Crippen molar-refractivity contribution in [1.82, 2.24) is 4.90 Å². The SMILES string of the molecule is CCN(C(=O)COC(=O)C(C#N)=Cc1ccc(Cl)cc1)C1CCCCC1. The molecule has 26 heavy (non-hydrogen) atoms. The fraction of sp³-hybridized carbons (Fsp3) is 0.450. The second-order valence-electron chi connectivity index (χ2n) is 6.27. The van der Waals surface area contributed by atoms with Crippen molar-refractivity contribution in [2.24, 2.45) is 0 Å². The highest BCUT2D eigenvalue weighted by atomic mass is 35.5. The average molecular weight is 375 g/mol. The monoisotopic (exact) mass is 374 g/mol. The minimum absolute atomic E-state index is 0.152. The molecule has 2 rings (SSSR count). The largest absolute Gasteiger partial charge is 0.451 e. The number of esters is 1. The summed E-state index contributed by atoms with van der Waals surface area (Å²) in [4.78, 5) is 26.3. The Hall–Kier alpha value is -2.32. The van der Waals surface area contributed by atoms with Crippen LogP contribution in [0.3, 0.4) is 0 Å². The van der Waals surface area contributed by atoms with Crippen LogP contribution >= 0.6 is 11.6 Å². The van der Waals surface area contributed by atoms with Crippen molar-refractivity contribution in [3.63, 3.8) is 0 Å². The predicted molar refractivity (Wildman–Crippen MR) is 100 cm³/mol. The van der Waals surface area contributed by atoms with Crippen LogP contribution in [0.4, 0.5) is 0 Å². The Kier molecular flexibility index (Phi) is 7.68. The van der Waals surface area contributed by atoms with Crippen LogP contribution in [-0.2, 0) is 14.3 Å². The van der Waals surface area contributed by atoms with Gasteiger partial charge in [-0.1, -0.05) is 43.0 Å². The van der Waals surface area contributed by atoms with Crippen LogP contribution in [0.25, 0.3) is 6.08 Å². The first-order valence-electron chi connectivity index (χ1n) is 8.89. The van der Waals surface area contributed by atoms with Crippen molar-refractivity contribution in [3.05, 3.63) is 40.4 Å². The zero-order valence-corrected chi connectivity index (χ0v) is 15.7. The van der Waals surface area contributed by atoms with Gasteiger partial charge in [0.2, 0.25) is 0 Å². The van der Waals surface area contributed by atoms with E-state index in [1.165, 1.54) is 12.5 Å². The van der Waals surface area contributed by atoms with Gasteiger partial charge in [-0.05, 0) is 43.5 Å². The second-order valence-corrected chi connectivity index (χ2v) is 6.71. The van der Waals surface area contributed by atoms with Crippen LogP contribution in [-0.4, -0.2) is 36.0 Å². The molecule has 1 aliphatic rings. The van der Waals surface area contributed by atoms with Crippen LogP contribution in [0.2, 0.25) is 5.02 Å². The third-order valence-corrected chi connectivity index (χ3v) is 4.78. The van der Waals surface area contributed by atoms with E-state index in [4.69, 9.17) is 16.3 Å². The van der Waals surface area contributed by atoms with E-state index in [0.717, 1.165) is 25.7 Å². The van der Waals surface area contributed by atoms with Crippen LogP contribution < -0.4 is 0 Å². The van der Waals surface area contributed by atoms with Crippen LogP contribution in [0.15, 0.2) is 29.8 Å². The number of nitriles is 1. The summed E-state index contributed by atoms with van der Waals surface area (Å²) in [5.41, 5.74) is 0.507. The van der Waals surface area contributed by atoms with Gasteiger partial charge in [0.25, 0.3) is 5.91 Å². The van der Waals surface area contributed by atoms with E-state index in [1.807, 2.05) is 13.0 Å². The number of amides is 1. The smallest absolute Gasteiger partial charge is 0.349 e. The number of hydrogen-bond acceptors (Lipinski definition) is 4. The molecule has 1 aliphatic carbocycles. The van der Waals surface area contributed by atoms with Crippen molar-refractivity contribution < 1.29 is 14.3 Å². The lowest BCUT2D eigenvalue weighted by Crippen LogP contribution is -2.43. The molecule has 0 N–H and O–H groups in total. The fourth-order valence-electron chi connectivity index (χ4n) is 3.18. The normalized spacial score (nSPS) is 15.2. The van der Waals surface area contributed by atoms with Gasteiger partial charge in [0, 0.05) is 17.6 Å². The molecule has 0 bridgehead atoms. The van der Waals surface area contributed by atoms with E-state index in [2.05, 4.69) is 0 Å². The first-order chi connectivity index (χ1) is 12.5. The maximum Gasteiger partial charge on any atom is 0.349 e. The summed E-state index contributed by atoms with van der Waals surface area (Å²) in [7, 11) is 0. The van der Waals surface area contributed by atoms with Gasteiger partial charge in [0.15, 0.2) is 6.61 Å². The molecule has 0 atom stereocenters. The van der Waals surface area contributed by atoms with Gasteiger partial charge in [0.05, 0.1) is 0 Å². The molecule has 0 aliphatic heterocycles. The number of likely N-dealkylation sites (N-methyl/N-ethyl adjacent to an activating group) is 1. The lowest BCUT2D eigenvalue weighted by molar-refractivity contribution is -0.150. The van der Waals surface area contributed by atoms with E-state index in [1.54, 1.807) is 29.2 Å². The topological polar surface area (TPSA) is 70.4 Å². The minimum atomic E-state index is -0.796. The number of carbonyl (C=O) groups is 2. The molecule has 1 amide bonds. The summed E-state index contributed by atoms with van der Waals surface area (Å²) >= 11 is 5.82. The Morgan fingerprint density at radius 1 is 1.27 bits per heavy atom. The van der Waals surface area contributed by atoms with Gasteiger partial charge in [0.1, 0.15) is 11.6 Å². The highest BCUT2D eigenvalue weighted by Crippen LogP contribution is 2.22. The van der Waals surface area contributed by atoms with E-state index < -0.39 is 5.97 Å². The van der Waals surface area contributed by atoms with Crippen LogP contribution in [0, 0.1) is 11.3 Å². The van der Waals surface area contributed by atoms with Gasteiger partial charge in [-0.3, -0.25) is 4.79 Å². The maximum atomic E-state index is 12.4. The van der Waals surface area contributed by atoms with Gasteiger partial charge in [-0.2, -0.15) is 5.26 Å². The lowest BCUT2D eigenvalue weighted by atomic mass is 9.94. The van der Waals surface area contributed by atoms with Crippen molar-refractivity contribution in [1.29, 1.82) is 5.26 Å². The van der Waals surface area contributed by atoms with Crippen molar-refractivity contribution >= 4 is 29.6 Å². The first-order valence-corrected chi connectivity index (χ1v) is 9.27. The summed E-state index contributed by atoms with van der Waals surface area (Å²) in [6.07, 6.45) is 6.86. The van der Waals surface area contributed by atoms with Crippen molar-refractivity contribution in [3.8, 4) is 6.07 Å². The molecular weight excluding hydrogens is 352 g/mol. The standard InChI is InChI=1S/C20H23ClN2O3/c1-2-23(18-6-4-3-5-7-18)19(24)14-26-20(25)16(13-22)12-15-8-10-17(21)11-9-15/h8-12,18H,2-7,14H2,1H3. The highest BCUT2D eigenvalue weighted by molar-refractivity contribution is 6.30. The first kappa shape index (κ1) is 20.0. The maximum absolute atomic E-state index is 12.4. The van der Waals surface area contributed by atoms with Gasteiger partial charge >= 0.3 is 5.97 Å². The molecular formula is C20H23ClN2O3. The van der Waals surface area contributed by atoms with Crippen LogP contribution in [0.5, 0.6) is 0 Å². The summed E-state index contributed by atoms with van der Waals surface area (Å²) < 4.78 is 5.08. The van der Waals surface area contributed by atoms with Crippen LogP contribution in [0.1, 0.15) is 44.6 Å². The van der Waals surface area contributed by atoms with Gasteiger partial charge < -0.3 is 9.64 Å². The van der Waals surface area contributed by atoms with Crippen molar-refractivity contribution in [2.75, 3.05) is 13.2 Å². The van der Waals surface area contributed by atoms with Gasteiger partial charge in [-0.25, -0.2) is 4.79 Å². The third kappa shape index (κ3) is 5.60. The van der Waals surface area contributed by atoms with Crippen molar-refractivity contribution in [2.45, 2.75) is 45.1 Å². The predicted octanol–water partition coefficient (Wildman–Crippen LogP) is 3.97. The molecule has 1 saturated carbocycles. The van der Waals surface area contributed by atoms with E-state index >= 15 is 0 Å². The van der Waals surface area contributed by atoms with E-state index in [9.17, 15) is 14.9 Å². The molecule has 0 heterocycles. The number of rotatable bonds is 6. The Morgan fingerprint density at radius 2 is 1.92 bits per heavy atom. The Bertz CT molecular complexity index is 701. The number of halogens is 1. The Balaban J connectivity index is 1.95. The number of hydrogen-bond donors (Lipinski definition) is 0. The van der Waals surface area contributed by atoms with E-state index in [-0.39, 0.29) is 24.1 Å². The lowest BCUT2D eigenvalue weighted by Gasteiger charge is -2.33. The summed E-state index contributed by atoms with van der Waals surface area (Å²) in [6.45, 7) is 2.17. The molecule has 138 valence electrons. The zero-order chi connectivity index (χ0) is 18.9. The molecule has 6 heteroatoms. The number of benzene rings is 1. The number of carbonyl (C=O) groups excluding carboxylic acids is 2. The molecule has 1 fully saturated rings. The molecule has 1 aromatic rings. The summed E-state index contributed by atoms with van der Waals surface area (Å²) in [6, 6.07) is 8.77. The molecule has 0 radical (unpaired) electrons. The third-order valence-electron chi connectivity index (χ3n) is 4.52. The summed E-state index contributed by atoms with van der Waals surface area (Å²) in [5.74, 6) is -1.01. The second kappa shape index (κ2) is 9.98. The number of nitrogens with zero attached hydrogens (tertiary/aromatic N) is 2. The molecule has 1 aromatic carbocycles. The molecule has 0 aromatic heterocycles. The average Bonchev–Trinajstić information content (AvgIpc) is 2.67. The minimum Gasteiger partial charge on any atom is -0.451 e. The molecule has 0 unspecified atom stereocenters. The molecule has 5 nitrogen and oxygen atoms in total. The fourth-order valence-corrected chi connectivity index (χ4v) is 3.31. The Labute approximate surface area is 159 Å². The summed E-state index contributed by atoms with van der Waals surface area (Å²) in [5, 5.41) is 9.76. The molecule has 0 spiro atoms. The molecule has 0 saturated heterocycles. The highest BCUT2D eigenvalue weighted by Gasteiger charge is 2.25. The number of ether oxygens (including phenoxy) is 1. The zero-order valence-electron chi connectivity index (χ0n) is 14.9. The van der Waals surface area contributed by atoms with E-state index in [0.29, 0.717) is 17.1 Å². The Morgan fingerprint density at radius 3 is 2.50 bits per heavy atom. The van der Waals surface area contributed by atoms with Gasteiger partial charge in [-0.15, -0.1) is 0 Å².